The van der Waals surface area contributed by atoms with Gasteiger partial charge in [0.15, 0.2) is 11.5 Å². The summed E-state index contributed by atoms with van der Waals surface area (Å²) in [6.07, 6.45) is 5.61. The van der Waals surface area contributed by atoms with Crippen LogP contribution in [0.1, 0.15) is 11.1 Å². The number of likely N-dealkylation sites (N-methyl/N-ethyl adjacent to an activating group) is 1. The van der Waals surface area contributed by atoms with Gasteiger partial charge in [0.2, 0.25) is 0 Å². The van der Waals surface area contributed by atoms with Gasteiger partial charge >= 0.3 is 0 Å². The predicted molar refractivity (Wildman–Crippen MR) is 146 cm³/mol. The van der Waals surface area contributed by atoms with E-state index in [1.165, 1.54) is 10.6 Å². The standard InChI is InChI=1S/C28H29N7O3/c1-33(10-13-36)28(37)25-23-7-2-19(16-20(23)17-30-25)24-18-35-9-8-29-27(35)26(32-24)31-21-3-5-22(6-4-21)34-11-14-38-15-12-34/h2-9,16,18,36H,10-15,17H2,1H3,(H,31,32). The molecule has 0 bridgehead atoms. The van der Waals surface area contributed by atoms with Crippen LogP contribution < -0.4 is 10.2 Å². The van der Waals surface area contributed by atoms with E-state index in [9.17, 15) is 4.79 Å². The van der Waals surface area contributed by atoms with E-state index in [1.807, 2.05) is 35.0 Å². The molecule has 194 valence electrons. The topological polar surface area (TPSA) is 108 Å². The van der Waals surface area contributed by atoms with E-state index in [2.05, 4.69) is 44.5 Å². The number of anilines is 3. The summed E-state index contributed by atoms with van der Waals surface area (Å²) in [7, 11) is 1.67. The molecular weight excluding hydrogens is 482 g/mol. The molecule has 6 rings (SSSR count). The van der Waals surface area contributed by atoms with Gasteiger partial charge in [-0.2, -0.15) is 0 Å². The summed E-state index contributed by atoms with van der Waals surface area (Å²) in [5, 5.41) is 12.6. The van der Waals surface area contributed by atoms with Crippen molar-refractivity contribution in [2.75, 3.05) is 56.7 Å². The molecule has 10 heteroatoms. The zero-order chi connectivity index (χ0) is 26.1. The molecule has 2 aromatic heterocycles. The quantitative estimate of drug-likeness (QED) is 0.393. The fourth-order valence-electron chi connectivity index (χ4n) is 4.85. The Kier molecular flexibility index (Phi) is 6.48. The smallest absolute Gasteiger partial charge is 0.272 e. The second-order valence-electron chi connectivity index (χ2n) is 9.39. The molecule has 0 spiro atoms. The Morgan fingerprint density at radius 1 is 1.16 bits per heavy atom. The molecule has 1 saturated heterocycles. The highest BCUT2D eigenvalue weighted by molar-refractivity contribution is 6.46. The third-order valence-electron chi connectivity index (χ3n) is 6.93. The number of aliphatic hydroxyl groups is 1. The Balaban J connectivity index is 1.26. The summed E-state index contributed by atoms with van der Waals surface area (Å²) >= 11 is 0. The number of hydrogen-bond acceptors (Lipinski definition) is 8. The first-order valence-corrected chi connectivity index (χ1v) is 12.7. The number of hydrogen-bond donors (Lipinski definition) is 2. The molecule has 0 aliphatic carbocycles. The van der Waals surface area contributed by atoms with Crippen molar-refractivity contribution in [2.24, 2.45) is 4.99 Å². The molecule has 1 amide bonds. The van der Waals surface area contributed by atoms with Crippen molar-refractivity contribution in [1.82, 2.24) is 19.3 Å². The Morgan fingerprint density at radius 2 is 1.97 bits per heavy atom. The van der Waals surface area contributed by atoms with Crippen LogP contribution in [-0.4, -0.2) is 82.5 Å². The molecule has 0 atom stereocenters. The average molecular weight is 512 g/mol. The third-order valence-corrected chi connectivity index (χ3v) is 6.93. The first-order chi connectivity index (χ1) is 18.6. The number of nitrogens with one attached hydrogen (secondary N) is 1. The lowest BCUT2D eigenvalue weighted by Crippen LogP contribution is -2.36. The number of nitrogens with zero attached hydrogens (tertiary/aromatic N) is 6. The van der Waals surface area contributed by atoms with E-state index in [-0.39, 0.29) is 19.1 Å². The molecule has 38 heavy (non-hydrogen) atoms. The number of aliphatic imine (C=N–C) groups is 1. The first-order valence-electron chi connectivity index (χ1n) is 12.7. The van der Waals surface area contributed by atoms with E-state index in [1.54, 1.807) is 13.2 Å². The van der Waals surface area contributed by atoms with Crippen LogP contribution in [0, 0.1) is 0 Å². The number of carbonyl (C=O) groups is 1. The number of morpholine rings is 1. The van der Waals surface area contributed by atoms with Gasteiger partial charge in [0.1, 0.15) is 5.71 Å². The van der Waals surface area contributed by atoms with E-state index in [0.717, 1.165) is 60.0 Å². The molecule has 10 nitrogen and oxygen atoms in total. The van der Waals surface area contributed by atoms with Crippen molar-refractivity contribution in [1.29, 1.82) is 0 Å². The van der Waals surface area contributed by atoms with Gasteiger partial charge in [0.25, 0.3) is 5.91 Å². The van der Waals surface area contributed by atoms with E-state index in [0.29, 0.717) is 18.1 Å². The average Bonchev–Trinajstić information content (AvgIpc) is 3.61. The second-order valence-corrected chi connectivity index (χ2v) is 9.39. The molecule has 2 aliphatic heterocycles. The number of benzene rings is 2. The van der Waals surface area contributed by atoms with Crippen LogP contribution >= 0.6 is 0 Å². The summed E-state index contributed by atoms with van der Waals surface area (Å²) in [5.74, 6) is 0.472. The maximum Gasteiger partial charge on any atom is 0.272 e. The minimum Gasteiger partial charge on any atom is -0.395 e. The molecule has 2 aromatic carbocycles. The molecule has 0 radical (unpaired) electrons. The zero-order valence-corrected chi connectivity index (χ0v) is 21.2. The molecule has 2 aliphatic rings. The lowest BCUT2D eigenvalue weighted by Gasteiger charge is -2.28. The second kappa shape index (κ2) is 10.2. The molecule has 4 heterocycles. The normalized spacial score (nSPS) is 14.9. The van der Waals surface area contributed by atoms with Gasteiger partial charge < -0.3 is 29.4 Å². The molecular formula is C28H29N7O3. The van der Waals surface area contributed by atoms with Gasteiger partial charge in [-0.25, -0.2) is 9.97 Å². The van der Waals surface area contributed by atoms with Gasteiger partial charge in [0, 0.05) is 67.8 Å². The van der Waals surface area contributed by atoms with Crippen molar-refractivity contribution in [3.05, 3.63) is 72.2 Å². The molecule has 0 unspecified atom stereocenters. The lowest BCUT2D eigenvalue weighted by molar-refractivity contribution is -0.123. The number of fused-ring (bicyclic) bond motifs is 2. The van der Waals surface area contributed by atoms with E-state index < -0.39 is 0 Å². The van der Waals surface area contributed by atoms with E-state index >= 15 is 0 Å². The number of rotatable bonds is 7. The lowest BCUT2D eigenvalue weighted by atomic mass is 10.0. The van der Waals surface area contributed by atoms with Crippen LogP contribution in [0.5, 0.6) is 0 Å². The highest BCUT2D eigenvalue weighted by Crippen LogP contribution is 2.29. The summed E-state index contributed by atoms with van der Waals surface area (Å²) in [6, 6.07) is 14.3. The Bertz CT molecular complexity index is 1510. The Morgan fingerprint density at radius 3 is 2.76 bits per heavy atom. The first kappa shape index (κ1) is 24.1. The minimum atomic E-state index is -0.186. The van der Waals surface area contributed by atoms with Crippen molar-refractivity contribution in [3.63, 3.8) is 0 Å². The number of aromatic nitrogens is 3. The van der Waals surface area contributed by atoms with Gasteiger partial charge in [-0.1, -0.05) is 12.1 Å². The molecule has 1 fully saturated rings. The Labute approximate surface area is 220 Å². The number of imidazole rings is 1. The highest BCUT2D eigenvalue weighted by atomic mass is 16.5. The molecule has 0 saturated carbocycles. The van der Waals surface area contributed by atoms with Crippen molar-refractivity contribution < 1.29 is 14.6 Å². The number of ether oxygens (including phenoxy) is 1. The fraction of sp³-hybridized carbons (Fsp3) is 0.286. The summed E-state index contributed by atoms with van der Waals surface area (Å²) in [6.45, 7) is 3.91. The van der Waals surface area contributed by atoms with Gasteiger partial charge in [-0.05, 0) is 35.9 Å². The van der Waals surface area contributed by atoms with Crippen molar-refractivity contribution in [3.8, 4) is 11.3 Å². The highest BCUT2D eigenvalue weighted by Gasteiger charge is 2.25. The van der Waals surface area contributed by atoms with Crippen LogP contribution in [0.25, 0.3) is 16.9 Å². The SMILES string of the molecule is CN(CCO)C(=O)C1=NCc2cc(-c3cn4ccnc4c(Nc4ccc(N5CCOCC5)cc4)n3)ccc21. The monoisotopic (exact) mass is 511 g/mol. The molecule has 4 aromatic rings. The number of aliphatic hydroxyl groups excluding tert-OH is 1. The summed E-state index contributed by atoms with van der Waals surface area (Å²) < 4.78 is 7.41. The van der Waals surface area contributed by atoms with Gasteiger partial charge in [0.05, 0.1) is 32.1 Å². The fourth-order valence-corrected chi connectivity index (χ4v) is 4.85. The van der Waals surface area contributed by atoms with Crippen LogP contribution in [0.2, 0.25) is 0 Å². The maximum atomic E-state index is 12.7. The Hall–Kier alpha value is -4.28. The zero-order valence-electron chi connectivity index (χ0n) is 21.2. The maximum absolute atomic E-state index is 12.7. The number of carbonyl (C=O) groups excluding carboxylic acids is 1. The largest absolute Gasteiger partial charge is 0.395 e. The predicted octanol–water partition coefficient (Wildman–Crippen LogP) is 2.73. The van der Waals surface area contributed by atoms with E-state index in [4.69, 9.17) is 14.8 Å². The minimum absolute atomic E-state index is 0.0852. The van der Waals surface area contributed by atoms with Crippen LogP contribution in [0.4, 0.5) is 17.2 Å². The van der Waals surface area contributed by atoms with Crippen molar-refractivity contribution >= 4 is 34.5 Å². The van der Waals surface area contributed by atoms with Crippen LogP contribution in [0.15, 0.2) is 66.0 Å². The van der Waals surface area contributed by atoms with Gasteiger partial charge in [-0.3, -0.25) is 9.79 Å². The van der Waals surface area contributed by atoms with Crippen LogP contribution in [-0.2, 0) is 16.1 Å². The summed E-state index contributed by atoms with van der Waals surface area (Å²) in [5.41, 5.74) is 6.77. The van der Waals surface area contributed by atoms with Crippen molar-refractivity contribution in [2.45, 2.75) is 6.54 Å². The number of amides is 1. The summed E-state index contributed by atoms with van der Waals surface area (Å²) in [4.78, 5) is 30.5. The molecule has 2 N–H and O–H groups in total. The van der Waals surface area contributed by atoms with Gasteiger partial charge in [-0.15, -0.1) is 0 Å². The van der Waals surface area contributed by atoms with Crippen LogP contribution in [0.3, 0.4) is 0 Å². The third kappa shape index (κ3) is 4.59.